The molecule has 4 nitrogen and oxygen atoms in total. The first-order valence-corrected chi connectivity index (χ1v) is 9.96. The minimum atomic E-state index is -0.287. The van der Waals surface area contributed by atoms with Gasteiger partial charge in [0, 0.05) is 14.1 Å². The Morgan fingerprint density at radius 2 is 1.81 bits per heavy atom. The second kappa shape index (κ2) is 10.9. The number of esters is 1. The molecule has 0 atom stereocenters. The maximum absolute atomic E-state index is 12.9. The van der Waals surface area contributed by atoms with Gasteiger partial charge in [0.25, 0.3) is 0 Å². The Bertz CT molecular complexity index is 689. The van der Waals surface area contributed by atoms with Gasteiger partial charge in [-0.2, -0.15) is 0 Å². The van der Waals surface area contributed by atoms with Crippen LogP contribution in [-0.4, -0.2) is 42.7 Å². The van der Waals surface area contributed by atoms with E-state index < -0.39 is 0 Å². The molecule has 0 aliphatic heterocycles. The van der Waals surface area contributed by atoms with E-state index in [4.69, 9.17) is 21.7 Å². The van der Waals surface area contributed by atoms with Gasteiger partial charge in [-0.05, 0) is 62.5 Å². The second-order valence-electron chi connectivity index (χ2n) is 6.78. The molecule has 0 N–H and O–H groups in total. The number of likely N-dealkylation sites (N-methyl/N-ethyl adjacent to an activating group) is 1. The number of allylic oxidation sites excluding steroid dienone is 2. The Labute approximate surface area is 167 Å². The molecule has 1 saturated carbocycles. The van der Waals surface area contributed by atoms with E-state index in [9.17, 15) is 4.79 Å². The van der Waals surface area contributed by atoms with Crippen molar-refractivity contribution in [1.29, 1.82) is 0 Å². The number of carbonyl (C=O) groups excluding carboxylic acids is 1. The lowest BCUT2D eigenvalue weighted by Crippen LogP contribution is -2.22. The van der Waals surface area contributed by atoms with Crippen molar-refractivity contribution in [3.63, 3.8) is 0 Å². The van der Waals surface area contributed by atoms with E-state index in [0.717, 1.165) is 36.9 Å². The number of hydrogen-bond acceptors (Lipinski definition) is 5. The Balaban J connectivity index is 2.30. The summed E-state index contributed by atoms with van der Waals surface area (Å²) in [4.78, 5) is 14.8. The number of hydrogen-bond donors (Lipinski definition) is 0. The molecular formula is C22H29NO3S. The predicted molar refractivity (Wildman–Crippen MR) is 113 cm³/mol. The highest BCUT2D eigenvalue weighted by atomic mass is 32.1. The third-order valence-electron chi connectivity index (χ3n) is 4.50. The smallest absolute Gasteiger partial charge is 0.339 e. The molecule has 146 valence electrons. The van der Waals surface area contributed by atoms with Crippen LogP contribution in [0.2, 0.25) is 0 Å². The van der Waals surface area contributed by atoms with Crippen LogP contribution >= 0.6 is 12.2 Å². The predicted octanol–water partition coefficient (Wildman–Crippen LogP) is 4.76. The lowest BCUT2D eigenvalue weighted by atomic mass is 9.97. The fourth-order valence-corrected chi connectivity index (χ4v) is 3.43. The van der Waals surface area contributed by atoms with Gasteiger partial charge in [-0.3, -0.25) is 0 Å². The van der Waals surface area contributed by atoms with Crippen molar-refractivity contribution < 1.29 is 14.3 Å². The fourth-order valence-electron chi connectivity index (χ4n) is 3.06. The van der Waals surface area contributed by atoms with Crippen molar-refractivity contribution in [2.75, 3.05) is 20.7 Å². The van der Waals surface area contributed by atoms with E-state index in [1.54, 1.807) is 6.08 Å². The van der Waals surface area contributed by atoms with E-state index >= 15 is 0 Å². The fraction of sp³-hybridized carbons (Fsp3) is 0.455. The molecular weight excluding hydrogens is 358 g/mol. The van der Waals surface area contributed by atoms with Gasteiger partial charge in [0.15, 0.2) is 0 Å². The van der Waals surface area contributed by atoms with Crippen LogP contribution in [0.3, 0.4) is 0 Å². The minimum absolute atomic E-state index is 0.0140. The normalized spacial score (nSPS) is 16.0. The Morgan fingerprint density at radius 3 is 2.41 bits per heavy atom. The molecule has 2 rings (SSSR count). The van der Waals surface area contributed by atoms with Gasteiger partial charge >= 0.3 is 5.97 Å². The van der Waals surface area contributed by atoms with Crippen molar-refractivity contribution >= 4 is 28.8 Å². The van der Waals surface area contributed by atoms with E-state index in [2.05, 4.69) is 0 Å². The molecule has 0 spiro atoms. The summed E-state index contributed by atoms with van der Waals surface area (Å²) in [5.41, 5.74) is 2.10. The molecule has 1 fully saturated rings. The number of thiocarbonyl (C=S) groups is 1. The number of carbonyl (C=O) groups is 1. The number of rotatable bonds is 7. The molecule has 0 saturated heterocycles. The monoisotopic (exact) mass is 387 g/mol. The van der Waals surface area contributed by atoms with Crippen LogP contribution in [0.5, 0.6) is 0 Å². The Hall–Kier alpha value is -2.14. The van der Waals surface area contributed by atoms with Gasteiger partial charge in [0.2, 0.25) is 5.05 Å². The first kappa shape index (κ1) is 21.2. The zero-order chi connectivity index (χ0) is 19.6. The summed E-state index contributed by atoms with van der Waals surface area (Å²) in [5.74, 6) is -0.287. The molecule has 27 heavy (non-hydrogen) atoms. The highest BCUT2D eigenvalue weighted by Gasteiger charge is 2.21. The summed E-state index contributed by atoms with van der Waals surface area (Å²) in [6.07, 6.45) is 8.97. The van der Waals surface area contributed by atoms with Crippen LogP contribution in [0, 0.1) is 0 Å². The maximum atomic E-state index is 12.9. The quantitative estimate of drug-likeness (QED) is 0.292. The first-order valence-electron chi connectivity index (χ1n) is 9.55. The second-order valence-corrected chi connectivity index (χ2v) is 7.15. The van der Waals surface area contributed by atoms with Gasteiger partial charge in [-0.15, -0.1) is 0 Å². The summed E-state index contributed by atoms with van der Waals surface area (Å²) in [6.45, 7) is 2.40. The topological polar surface area (TPSA) is 38.8 Å². The molecule has 0 aromatic heterocycles. The molecule has 0 radical (unpaired) electrons. The van der Waals surface area contributed by atoms with Gasteiger partial charge in [-0.25, -0.2) is 4.79 Å². The number of ether oxygens (including phenoxy) is 2. The highest BCUT2D eigenvalue weighted by molar-refractivity contribution is 7.80. The van der Waals surface area contributed by atoms with E-state index in [0.29, 0.717) is 17.2 Å². The molecule has 1 aliphatic rings. The highest BCUT2D eigenvalue weighted by Crippen LogP contribution is 2.24. The molecule has 0 amide bonds. The van der Waals surface area contributed by atoms with Crippen molar-refractivity contribution in [3.05, 3.63) is 53.7 Å². The van der Waals surface area contributed by atoms with Crippen molar-refractivity contribution in [2.24, 2.45) is 0 Å². The number of nitrogens with zero attached hydrogens (tertiary/aromatic N) is 1. The molecule has 1 aromatic carbocycles. The van der Waals surface area contributed by atoms with Crippen LogP contribution < -0.4 is 0 Å². The summed E-state index contributed by atoms with van der Waals surface area (Å²) in [6, 6.07) is 9.59. The molecule has 1 aromatic rings. The van der Waals surface area contributed by atoms with Gasteiger partial charge in [0.1, 0.15) is 6.10 Å². The average Bonchev–Trinajstić information content (AvgIpc) is 2.66. The SMILES string of the molecule is CCOC(=S)C(=CC=C(C(=O)OC1CCCCC1)c1ccccc1)N(C)C. The third kappa shape index (κ3) is 6.51. The van der Waals surface area contributed by atoms with Crippen molar-refractivity contribution in [1.82, 2.24) is 4.90 Å². The van der Waals surface area contributed by atoms with Crippen LogP contribution in [0.25, 0.3) is 5.57 Å². The van der Waals surface area contributed by atoms with E-state index in [-0.39, 0.29) is 12.1 Å². The first-order chi connectivity index (χ1) is 13.0. The van der Waals surface area contributed by atoms with Crippen LogP contribution in [0.1, 0.15) is 44.6 Å². The largest absolute Gasteiger partial charge is 0.482 e. The zero-order valence-corrected chi connectivity index (χ0v) is 17.3. The standard InChI is InChI=1S/C22H29NO3S/c1-4-25-22(27)20(23(2)3)16-15-19(17-11-7-5-8-12-17)21(24)26-18-13-9-6-10-14-18/h5,7-8,11-12,15-16,18H,4,6,9-10,13-14H2,1-3H3. The Morgan fingerprint density at radius 1 is 1.15 bits per heavy atom. The molecule has 1 aliphatic carbocycles. The van der Waals surface area contributed by atoms with Gasteiger partial charge in [-0.1, -0.05) is 36.8 Å². The zero-order valence-electron chi connectivity index (χ0n) is 16.4. The van der Waals surface area contributed by atoms with Crippen LogP contribution in [-0.2, 0) is 14.3 Å². The third-order valence-corrected chi connectivity index (χ3v) is 4.83. The van der Waals surface area contributed by atoms with E-state index in [1.165, 1.54) is 6.42 Å². The summed E-state index contributed by atoms with van der Waals surface area (Å²) in [5, 5.41) is 0.409. The number of benzene rings is 1. The van der Waals surface area contributed by atoms with Crippen LogP contribution in [0.15, 0.2) is 48.2 Å². The lowest BCUT2D eigenvalue weighted by Gasteiger charge is -2.22. The molecule has 0 bridgehead atoms. The average molecular weight is 388 g/mol. The minimum Gasteiger partial charge on any atom is -0.482 e. The van der Waals surface area contributed by atoms with E-state index in [1.807, 2.05) is 62.3 Å². The summed E-state index contributed by atoms with van der Waals surface area (Å²) in [7, 11) is 3.79. The van der Waals surface area contributed by atoms with Crippen molar-refractivity contribution in [2.45, 2.75) is 45.1 Å². The molecule has 0 heterocycles. The van der Waals surface area contributed by atoms with Crippen LogP contribution in [0.4, 0.5) is 0 Å². The van der Waals surface area contributed by atoms with Crippen molar-refractivity contribution in [3.8, 4) is 0 Å². The maximum Gasteiger partial charge on any atom is 0.339 e. The van der Waals surface area contributed by atoms with Gasteiger partial charge < -0.3 is 14.4 Å². The molecule has 0 unspecified atom stereocenters. The van der Waals surface area contributed by atoms with Gasteiger partial charge in [0.05, 0.1) is 17.9 Å². The lowest BCUT2D eigenvalue weighted by molar-refractivity contribution is -0.143. The molecule has 5 heteroatoms. The Kier molecular flexibility index (Phi) is 8.52. The summed E-state index contributed by atoms with van der Waals surface area (Å²) >= 11 is 5.34. The summed E-state index contributed by atoms with van der Waals surface area (Å²) < 4.78 is 11.3.